The third-order valence-electron chi connectivity index (χ3n) is 3.33. The molecule has 0 bridgehead atoms. The highest BCUT2D eigenvalue weighted by molar-refractivity contribution is 5.79. The summed E-state index contributed by atoms with van der Waals surface area (Å²) in [6.07, 6.45) is 4.54. The van der Waals surface area contributed by atoms with Gasteiger partial charge in [0.1, 0.15) is 5.54 Å². The Balaban J connectivity index is 2.75. The first-order chi connectivity index (χ1) is 6.42. The van der Waals surface area contributed by atoms with Crippen molar-refractivity contribution < 1.29 is 9.90 Å². The molecular formula is C11H21NO2. The highest BCUT2D eigenvalue weighted by Crippen LogP contribution is 2.32. The van der Waals surface area contributed by atoms with E-state index in [0.717, 1.165) is 32.1 Å². The van der Waals surface area contributed by atoms with Gasteiger partial charge >= 0.3 is 5.97 Å². The molecule has 14 heavy (non-hydrogen) atoms. The predicted octanol–water partition coefficient (Wildman–Crippen LogP) is 2.16. The molecule has 82 valence electrons. The van der Waals surface area contributed by atoms with E-state index in [1.807, 2.05) is 0 Å². The summed E-state index contributed by atoms with van der Waals surface area (Å²) in [6.45, 7) is 6.21. The van der Waals surface area contributed by atoms with E-state index in [1.165, 1.54) is 0 Å². The Bertz CT molecular complexity index is 217. The van der Waals surface area contributed by atoms with Crippen LogP contribution in [0.5, 0.6) is 0 Å². The Hall–Kier alpha value is -0.570. The van der Waals surface area contributed by atoms with Crippen LogP contribution >= 0.6 is 0 Å². The van der Waals surface area contributed by atoms with Crippen LogP contribution < -0.4 is 5.32 Å². The van der Waals surface area contributed by atoms with Gasteiger partial charge in [-0.15, -0.1) is 0 Å². The predicted molar refractivity (Wildman–Crippen MR) is 56.3 cm³/mol. The lowest BCUT2D eigenvalue weighted by atomic mass is 9.91. The van der Waals surface area contributed by atoms with Gasteiger partial charge in [0.25, 0.3) is 0 Å². The van der Waals surface area contributed by atoms with Crippen molar-refractivity contribution in [2.24, 2.45) is 0 Å². The van der Waals surface area contributed by atoms with Gasteiger partial charge in [-0.3, -0.25) is 10.1 Å². The SMILES string of the molecule is CCC(C)(C)NC1(C(=O)O)CCCC1. The zero-order chi connectivity index (χ0) is 10.8. The van der Waals surface area contributed by atoms with Crippen molar-refractivity contribution >= 4 is 5.97 Å². The lowest BCUT2D eigenvalue weighted by Crippen LogP contribution is -2.58. The molecule has 1 aliphatic carbocycles. The Morgan fingerprint density at radius 2 is 1.93 bits per heavy atom. The fraction of sp³-hybridized carbons (Fsp3) is 0.909. The van der Waals surface area contributed by atoms with E-state index >= 15 is 0 Å². The van der Waals surface area contributed by atoms with Gasteiger partial charge in [0.15, 0.2) is 0 Å². The van der Waals surface area contributed by atoms with Crippen LogP contribution in [0, 0.1) is 0 Å². The summed E-state index contributed by atoms with van der Waals surface area (Å²) >= 11 is 0. The zero-order valence-corrected chi connectivity index (χ0v) is 9.39. The standard InChI is InChI=1S/C11H21NO2/c1-4-10(2,3)12-11(9(13)14)7-5-6-8-11/h12H,4-8H2,1-3H3,(H,13,14). The van der Waals surface area contributed by atoms with Crippen LogP contribution in [-0.4, -0.2) is 22.2 Å². The van der Waals surface area contributed by atoms with Crippen LogP contribution in [-0.2, 0) is 4.79 Å². The Labute approximate surface area is 85.9 Å². The summed E-state index contributed by atoms with van der Waals surface area (Å²) < 4.78 is 0. The minimum absolute atomic E-state index is 0.0806. The van der Waals surface area contributed by atoms with Crippen molar-refractivity contribution in [3.8, 4) is 0 Å². The van der Waals surface area contributed by atoms with Gasteiger partial charge in [-0.25, -0.2) is 0 Å². The van der Waals surface area contributed by atoms with Crippen LogP contribution in [0.3, 0.4) is 0 Å². The number of nitrogens with one attached hydrogen (secondary N) is 1. The second-order valence-electron chi connectivity index (χ2n) is 4.96. The quantitative estimate of drug-likeness (QED) is 0.729. The molecular weight excluding hydrogens is 178 g/mol. The van der Waals surface area contributed by atoms with Gasteiger partial charge in [-0.1, -0.05) is 19.8 Å². The monoisotopic (exact) mass is 199 g/mol. The van der Waals surface area contributed by atoms with Gasteiger partial charge in [-0.2, -0.15) is 0 Å². The lowest BCUT2D eigenvalue weighted by molar-refractivity contribution is -0.145. The number of hydrogen-bond acceptors (Lipinski definition) is 2. The Kier molecular flexibility index (Phi) is 3.20. The van der Waals surface area contributed by atoms with E-state index in [-0.39, 0.29) is 5.54 Å². The van der Waals surface area contributed by atoms with Gasteiger partial charge in [0.2, 0.25) is 0 Å². The van der Waals surface area contributed by atoms with E-state index in [2.05, 4.69) is 26.1 Å². The number of hydrogen-bond donors (Lipinski definition) is 2. The van der Waals surface area contributed by atoms with Crippen LogP contribution in [0.2, 0.25) is 0 Å². The summed E-state index contributed by atoms with van der Waals surface area (Å²) in [5.41, 5.74) is -0.734. The highest BCUT2D eigenvalue weighted by atomic mass is 16.4. The molecule has 0 spiro atoms. The van der Waals surface area contributed by atoms with E-state index < -0.39 is 11.5 Å². The average molecular weight is 199 g/mol. The van der Waals surface area contributed by atoms with Gasteiger partial charge in [0.05, 0.1) is 0 Å². The molecule has 0 aromatic heterocycles. The molecule has 0 aromatic rings. The van der Waals surface area contributed by atoms with E-state index in [9.17, 15) is 9.90 Å². The maximum Gasteiger partial charge on any atom is 0.323 e. The van der Waals surface area contributed by atoms with Crippen LogP contribution in [0.15, 0.2) is 0 Å². The number of carbonyl (C=O) groups is 1. The molecule has 0 amide bonds. The first-order valence-electron chi connectivity index (χ1n) is 5.45. The minimum atomic E-state index is -0.684. The highest BCUT2D eigenvalue weighted by Gasteiger charge is 2.43. The maximum atomic E-state index is 11.3. The fourth-order valence-electron chi connectivity index (χ4n) is 2.11. The molecule has 1 rings (SSSR count). The molecule has 3 heteroatoms. The summed E-state index contributed by atoms with van der Waals surface area (Å²) in [5.74, 6) is -0.684. The molecule has 0 heterocycles. The third-order valence-corrected chi connectivity index (χ3v) is 3.33. The minimum Gasteiger partial charge on any atom is -0.480 e. The zero-order valence-electron chi connectivity index (χ0n) is 9.39. The summed E-state index contributed by atoms with van der Waals surface area (Å²) in [6, 6.07) is 0. The number of carboxylic acids is 1. The Morgan fingerprint density at radius 1 is 1.43 bits per heavy atom. The normalized spacial score (nSPS) is 21.1. The van der Waals surface area contributed by atoms with Crippen molar-refractivity contribution in [2.45, 2.75) is 64.0 Å². The second kappa shape index (κ2) is 3.89. The lowest BCUT2D eigenvalue weighted by Gasteiger charge is -2.36. The van der Waals surface area contributed by atoms with Crippen molar-refractivity contribution in [1.82, 2.24) is 5.32 Å². The second-order valence-corrected chi connectivity index (χ2v) is 4.96. The van der Waals surface area contributed by atoms with E-state index in [1.54, 1.807) is 0 Å². The molecule has 1 fully saturated rings. The van der Waals surface area contributed by atoms with E-state index in [4.69, 9.17) is 0 Å². The number of aliphatic carboxylic acids is 1. The molecule has 2 N–H and O–H groups in total. The molecule has 0 unspecified atom stereocenters. The number of carboxylic acid groups (broad SMARTS) is 1. The Morgan fingerprint density at radius 3 is 2.29 bits per heavy atom. The summed E-state index contributed by atoms with van der Waals surface area (Å²) in [5, 5.41) is 12.6. The van der Waals surface area contributed by atoms with E-state index in [0.29, 0.717) is 0 Å². The van der Waals surface area contributed by atoms with Gasteiger partial charge in [-0.05, 0) is 33.1 Å². The largest absolute Gasteiger partial charge is 0.480 e. The van der Waals surface area contributed by atoms with Crippen LogP contribution in [0.25, 0.3) is 0 Å². The van der Waals surface area contributed by atoms with Crippen molar-refractivity contribution in [2.75, 3.05) is 0 Å². The number of rotatable bonds is 4. The topological polar surface area (TPSA) is 49.3 Å². The summed E-state index contributed by atoms with van der Waals surface area (Å²) in [7, 11) is 0. The average Bonchev–Trinajstić information content (AvgIpc) is 2.53. The molecule has 1 aliphatic rings. The third kappa shape index (κ3) is 2.27. The van der Waals surface area contributed by atoms with Crippen LogP contribution in [0.4, 0.5) is 0 Å². The van der Waals surface area contributed by atoms with Crippen molar-refractivity contribution in [3.05, 3.63) is 0 Å². The molecule has 1 saturated carbocycles. The summed E-state index contributed by atoms with van der Waals surface area (Å²) in [4.78, 5) is 11.3. The van der Waals surface area contributed by atoms with Gasteiger partial charge in [0, 0.05) is 5.54 Å². The maximum absolute atomic E-state index is 11.3. The van der Waals surface area contributed by atoms with Gasteiger partial charge < -0.3 is 5.11 Å². The first-order valence-corrected chi connectivity index (χ1v) is 5.45. The first kappa shape index (κ1) is 11.5. The van der Waals surface area contributed by atoms with Crippen LogP contribution in [0.1, 0.15) is 52.9 Å². The molecule has 3 nitrogen and oxygen atoms in total. The molecule has 0 aromatic carbocycles. The van der Waals surface area contributed by atoms with Crippen molar-refractivity contribution in [3.63, 3.8) is 0 Å². The molecule has 0 radical (unpaired) electrons. The fourth-order valence-corrected chi connectivity index (χ4v) is 2.11. The molecule has 0 aliphatic heterocycles. The molecule has 0 atom stereocenters. The van der Waals surface area contributed by atoms with Crippen molar-refractivity contribution in [1.29, 1.82) is 0 Å². The molecule has 0 saturated heterocycles. The smallest absolute Gasteiger partial charge is 0.323 e.